The van der Waals surface area contributed by atoms with Crippen molar-refractivity contribution in [1.29, 1.82) is 0 Å². The first-order valence-corrected chi connectivity index (χ1v) is 3.03. The van der Waals surface area contributed by atoms with Crippen LogP contribution in [0.1, 0.15) is 6.42 Å². The van der Waals surface area contributed by atoms with E-state index in [0.29, 0.717) is 0 Å². The standard InChI is InChI=1S/C7H11F3/c1-2-3-7(4-8,5-9)6-10/h2H,1,3-6H2. The predicted molar refractivity (Wildman–Crippen MR) is 35.2 cm³/mol. The Morgan fingerprint density at radius 2 is 1.50 bits per heavy atom. The van der Waals surface area contributed by atoms with Gasteiger partial charge < -0.3 is 0 Å². The Balaban J connectivity index is 4.00. The predicted octanol–water partition coefficient (Wildman–Crippen LogP) is 2.46. The first-order chi connectivity index (χ1) is 4.74. The van der Waals surface area contributed by atoms with Gasteiger partial charge >= 0.3 is 0 Å². The molecule has 0 aliphatic rings. The highest BCUT2D eigenvalue weighted by Crippen LogP contribution is 2.24. The van der Waals surface area contributed by atoms with Crippen LogP contribution in [0.3, 0.4) is 0 Å². The summed E-state index contributed by atoms with van der Waals surface area (Å²) in [6.07, 6.45) is 1.38. The van der Waals surface area contributed by atoms with Gasteiger partial charge in [-0.25, -0.2) is 0 Å². The van der Waals surface area contributed by atoms with Crippen molar-refractivity contribution in [3.8, 4) is 0 Å². The molecular weight excluding hydrogens is 141 g/mol. The monoisotopic (exact) mass is 152 g/mol. The van der Waals surface area contributed by atoms with Crippen molar-refractivity contribution in [3.05, 3.63) is 12.7 Å². The maximum Gasteiger partial charge on any atom is 0.100 e. The van der Waals surface area contributed by atoms with Crippen molar-refractivity contribution in [2.75, 3.05) is 20.0 Å². The molecular formula is C7H11F3. The van der Waals surface area contributed by atoms with Crippen LogP contribution in [0.25, 0.3) is 0 Å². The summed E-state index contributed by atoms with van der Waals surface area (Å²) in [5.41, 5.74) is -1.44. The van der Waals surface area contributed by atoms with Crippen LogP contribution in [0, 0.1) is 5.41 Å². The zero-order valence-corrected chi connectivity index (χ0v) is 5.75. The van der Waals surface area contributed by atoms with Gasteiger partial charge in [0.15, 0.2) is 0 Å². The van der Waals surface area contributed by atoms with E-state index in [1.165, 1.54) is 6.08 Å². The van der Waals surface area contributed by atoms with Crippen LogP contribution in [0.4, 0.5) is 13.2 Å². The molecule has 0 unspecified atom stereocenters. The fourth-order valence-corrected chi connectivity index (χ4v) is 0.577. The fourth-order valence-electron chi connectivity index (χ4n) is 0.577. The summed E-state index contributed by atoms with van der Waals surface area (Å²) in [6.45, 7) is 0.391. The Labute approximate surface area is 58.7 Å². The molecule has 0 aliphatic carbocycles. The van der Waals surface area contributed by atoms with Crippen LogP contribution in [-0.4, -0.2) is 20.0 Å². The second-order valence-corrected chi connectivity index (χ2v) is 2.39. The van der Waals surface area contributed by atoms with E-state index in [-0.39, 0.29) is 6.42 Å². The van der Waals surface area contributed by atoms with E-state index in [4.69, 9.17) is 0 Å². The van der Waals surface area contributed by atoms with Crippen LogP contribution in [-0.2, 0) is 0 Å². The summed E-state index contributed by atoms with van der Waals surface area (Å²) in [4.78, 5) is 0. The molecule has 0 saturated heterocycles. The fraction of sp³-hybridized carbons (Fsp3) is 0.714. The molecule has 0 fully saturated rings. The van der Waals surface area contributed by atoms with Crippen LogP contribution in [0.15, 0.2) is 12.7 Å². The number of halogens is 3. The van der Waals surface area contributed by atoms with Gasteiger partial charge in [-0.05, 0) is 6.42 Å². The normalized spacial score (nSPS) is 11.5. The van der Waals surface area contributed by atoms with E-state index in [1.54, 1.807) is 0 Å². The summed E-state index contributed by atoms with van der Waals surface area (Å²) in [5.74, 6) is 0. The molecule has 0 aromatic rings. The van der Waals surface area contributed by atoms with E-state index in [2.05, 4.69) is 6.58 Å². The van der Waals surface area contributed by atoms with Crippen molar-refractivity contribution in [1.82, 2.24) is 0 Å². The number of hydrogen-bond acceptors (Lipinski definition) is 0. The topological polar surface area (TPSA) is 0 Å². The van der Waals surface area contributed by atoms with Crippen LogP contribution in [0.5, 0.6) is 0 Å². The Morgan fingerprint density at radius 3 is 1.60 bits per heavy atom. The van der Waals surface area contributed by atoms with Gasteiger partial charge in [0.25, 0.3) is 0 Å². The minimum Gasteiger partial charge on any atom is -0.250 e. The highest BCUT2D eigenvalue weighted by Gasteiger charge is 2.29. The maximum atomic E-state index is 12.0. The highest BCUT2D eigenvalue weighted by molar-refractivity contribution is 4.85. The van der Waals surface area contributed by atoms with E-state index in [9.17, 15) is 13.2 Å². The van der Waals surface area contributed by atoms with Crippen molar-refractivity contribution in [2.45, 2.75) is 6.42 Å². The second-order valence-electron chi connectivity index (χ2n) is 2.39. The zero-order chi connectivity index (χ0) is 8.04. The van der Waals surface area contributed by atoms with E-state index in [1.807, 2.05) is 0 Å². The summed E-state index contributed by atoms with van der Waals surface area (Å²) in [6, 6.07) is 0. The van der Waals surface area contributed by atoms with Crippen LogP contribution < -0.4 is 0 Å². The lowest BCUT2D eigenvalue weighted by molar-refractivity contribution is 0.116. The molecule has 0 aromatic heterocycles. The van der Waals surface area contributed by atoms with Gasteiger partial charge in [-0.3, -0.25) is 13.2 Å². The van der Waals surface area contributed by atoms with Gasteiger partial charge in [0, 0.05) is 0 Å². The van der Waals surface area contributed by atoms with Crippen molar-refractivity contribution < 1.29 is 13.2 Å². The third-order valence-electron chi connectivity index (χ3n) is 1.43. The molecule has 0 atom stereocenters. The highest BCUT2D eigenvalue weighted by atomic mass is 19.1. The first-order valence-electron chi connectivity index (χ1n) is 3.03. The minimum absolute atomic E-state index is 0.0521. The Kier molecular flexibility index (Phi) is 4.16. The van der Waals surface area contributed by atoms with Crippen molar-refractivity contribution >= 4 is 0 Å². The smallest absolute Gasteiger partial charge is 0.100 e. The lowest BCUT2D eigenvalue weighted by Gasteiger charge is -2.21. The lowest BCUT2D eigenvalue weighted by atomic mass is 9.89. The Bertz CT molecular complexity index is 88.8. The Hall–Kier alpha value is -0.470. The maximum absolute atomic E-state index is 12.0. The number of allylic oxidation sites excluding steroid dienone is 1. The van der Waals surface area contributed by atoms with Crippen molar-refractivity contribution in [2.24, 2.45) is 5.41 Å². The zero-order valence-electron chi connectivity index (χ0n) is 5.75. The molecule has 0 aromatic carbocycles. The number of alkyl halides is 3. The molecule has 0 radical (unpaired) electrons. The van der Waals surface area contributed by atoms with Crippen LogP contribution in [0.2, 0.25) is 0 Å². The third kappa shape index (κ3) is 2.05. The average molecular weight is 152 g/mol. The minimum atomic E-state index is -1.44. The third-order valence-corrected chi connectivity index (χ3v) is 1.43. The Morgan fingerprint density at radius 1 is 1.10 bits per heavy atom. The van der Waals surface area contributed by atoms with Gasteiger partial charge in [-0.2, -0.15) is 0 Å². The molecule has 60 valence electrons. The molecule has 0 spiro atoms. The summed E-state index contributed by atoms with van der Waals surface area (Å²) in [7, 11) is 0. The molecule has 0 N–H and O–H groups in total. The molecule has 0 aliphatic heterocycles. The molecule has 0 bridgehead atoms. The summed E-state index contributed by atoms with van der Waals surface area (Å²) >= 11 is 0. The number of hydrogen-bond donors (Lipinski definition) is 0. The quantitative estimate of drug-likeness (QED) is 0.531. The lowest BCUT2D eigenvalue weighted by Crippen LogP contribution is -2.27. The van der Waals surface area contributed by atoms with Gasteiger partial charge in [0.05, 0.1) is 5.41 Å². The summed E-state index contributed by atoms with van der Waals surface area (Å²) in [5, 5.41) is 0. The largest absolute Gasteiger partial charge is 0.250 e. The molecule has 0 rings (SSSR count). The molecule has 0 amide bonds. The second kappa shape index (κ2) is 4.36. The van der Waals surface area contributed by atoms with Gasteiger partial charge in [0.1, 0.15) is 20.0 Å². The molecule has 0 saturated carbocycles. The molecule has 3 heteroatoms. The van der Waals surface area contributed by atoms with Gasteiger partial charge in [0.2, 0.25) is 0 Å². The number of rotatable bonds is 5. The van der Waals surface area contributed by atoms with E-state index in [0.717, 1.165) is 0 Å². The SMILES string of the molecule is C=CCC(CF)(CF)CF. The van der Waals surface area contributed by atoms with E-state index >= 15 is 0 Å². The molecule has 0 heterocycles. The molecule has 10 heavy (non-hydrogen) atoms. The van der Waals surface area contributed by atoms with Crippen LogP contribution >= 0.6 is 0 Å². The summed E-state index contributed by atoms with van der Waals surface area (Å²) < 4.78 is 35.9. The first kappa shape index (κ1) is 9.53. The van der Waals surface area contributed by atoms with E-state index < -0.39 is 25.4 Å². The van der Waals surface area contributed by atoms with Crippen molar-refractivity contribution in [3.63, 3.8) is 0 Å². The van der Waals surface area contributed by atoms with Gasteiger partial charge in [-0.15, -0.1) is 6.58 Å². The van der Waals surface area contributed by atoms with Gasteiger partial charge in [-0.1, -0.05) is 6.08 Å². The molecule has 0 nitrogen and oxygen atoms in total. The average Bonchev–Trinajstić information content (AvgIpc) is 2.01.